The summed E-state index contributed by atoms with van der Waals surface area (Å²) in [5.41, 5.74) is 9.88. The molecule has 5 N–H and O–H groups in total. The summed E-state index contributed by atoms with van der Waals surface area (Å²) in [7, 11) is 0. The molecule has 0 aliphatic rings. The maximum absolute atomic E-state index is 13.3. The molecule has 40 heavy (non-hydrogen) atoms. The van der Waals surface area contributed by atoms with Gasteiger partial charge in [-0.15, -0.1) is 12.4 Å². The lowest BCUT2D eigenvalue weighted by Gasteiger charge is -2.22. The number of para-hydroxylation sites is 1. The fourth-order valence-electron chi connectivity index (χ4n) is 3.97. The molecule has 4 rings (SSSR count). The minimum absolute atomic E-state index is 0. The van der Waals surface area contributed by atoms with E-state index in [1.807, 2.05) is 50.2 Å². The van der Waals surface area contributed by atoms with Crippen LogP contribution in [0.25, 0.3) is 11.0 Å². The fraction of sp³-hybridized carbons (Fsp3) is 0.241. The molecule has 1 amide bonds. The molecular weight excluding hydrogens is 532 g/mol. The van der Waals surface area contributed by atoms with E-state index in [1.165, 1.54) is 4.90 Å². The first-order valence-electron chi connectivity index (χ1n) is 12.7. The van der Waals surface area contributed by atoms with Crippen molar-refractivity contribution in [2.45, 2.75) is 33.2 Å². The molecule has 0 aliphatic carbocycles. The Kier molecular flexibility index (Phi) is 10.5. The number of H-pyrrole nitrogens is 1. The van der Waals surface area contributed by atoms with E-state index in [0.717, 1.165) is 17.6 Å². The highest BCUT2D eigenvalue weighted by Gasteiger charge is 2.21. The molecule has 0 radical (unpaired) electrons. The maximum Gasteiger partial charge on any atom is 0.419 e. The van der Waals surface area contributed by atoms with Crippen molar-refractivity contribution < 1.29 is 19.1 Å². The van der Waals surface area contributed by atoms with Crippen LogP contribution in [-0.2, 0) is 16.1 Å². The number of carbonyl (C=O) groups is 2. The minimum atomic E-state index is -0.599. The molecule has 0 atom stereocenters. The van der Waals surface area contributed by atoms with Gasteiger partial charge in [0.2, 0.25) is 0 Å². The van der Waals surface area contributed by atoms with Gasteiger partial charge < -0.3 is 25.5 Å². The van der Waals surface area contributed by atoms with Crippen LogP contribution in [0.3, 0.4) is 0 Å². The zero-order valence-corrected chi connectivity index (χ0v) is 23.2. The number of anilines is 2. The average Bonchev–Trinajstić information content (AvgIpc) is 3.37. The number of nitrogen functional groups attached to an aromatic ring is 1. The molecule has 210 valence electrons. The number of aromatic amines is 1. The second kappa shape index (κ2) is 14.0. The molecule has 10 nitrogen and oxygen atoms in total. The van der Waals surface area contributed by atoms with Crippen molar-refractivity contribution in [3.8, 4) is 5.75 Å². The van der Waals surface area contributed by atoms with E-state index in [0.29, 0.717) is 47.1 Å². The number of fused-ring (bicyclic) bond motifs is 1. The number of nitrogens with one attached hydrogen (secondary N) is 3. The summed E-state index contributed by atoms with van der Waals surface area (Å²) in [4.78, 5) is 34.7. The lowest BCUT2D eigenvalue weighted by molar-refractivity contribution is -0.143. The third-order valence-corrected chi connectivity index (χ3v) is 6.06. The van der Waals surface area contributed by atoms with Gasteiger partial charge >= 0.3 is 12.1 Å². The van der Waals surface area contributed by atoms with Crippen LogP contribution in [0.1, 0.15) is 36.7 Å². The van der Waals surface area contributed by atoms with Crippen LogP contribution in [0.2, 0.25) is 0 Å². The SMILES string of the molecule is CCCOC(=O)CCN(C(=O)Oc1ccc2[nH]c(CNc3ccc(C(=N)N)cc3)nc2c1C)c1ccccc1.Cl. The number of hydrogen-bond acceptors (Lipinski definition) is 7. The molecular formula is C29H33ClN6O4. The van der Waals surface area contributed by atoms with Crippen LogP contribution in [0, 0.1) is 12.3 Å². The number of aryl methyl sites for hydroxylation is 1. The van der Waals surface area contributed by atoms with Crippen LogP contribution >= 0.6 is 12.4 Å². The largest absolute Gasteiger partial charge is 0.466 e. The molecule has 0 unspecified atom stereocenters. The van der Waals surface area contributed by atoms with Crippen molar-refractivity contribution in [3.05, 3.63) is 83.7 Å². The van der Waals surface area contributed by atoms with Gasteiger partial charge in [-0.2, -0.15) is 0 Å². The van der Waals surface area contributed by atoms with E-state index in [4.69, 9.17) is 25.6 Å². The monoisotopic (exact) mass is 564 g/mol. The van der Waals surface area contributed by atoms with Crippen molar-refractivity contribution in [2.24, 2.45) is 5.73 Å². The topological polar surface area (TPSA) is 146 Å². The molecule has 3 aromatic carbocycles. The first kappa shape index (κ1) is 30.0. The van der Waals surface area contributed by atoms with Gasteiger partial charge in [-0.05, 0) is 61.9 Å². The summed E-state index contributed by atoms with van der Waals surface area (Å²) >= 11 is 0. The number of nitrogens with zero attached hydrogens (tertiary/aromatic N) is 2. The summed E-state index contributed by atoms with van der Waals surface area (Å²) in [5.74, 6) is 0.749. The highest BCUT2D eigenvalue weighted by atomic mass is 35.5. The van der Waals surface area contributed by atoms with Crippen LogP contribution < -0.4 is 20.7 Å². The predicted molar refractivity (Wildman–Crippen MR) is 159 cm³/mol. The van der Waals surface area contributed by atoms with E-state index >= 15 is 0 Å². The maximum atomic E-state index is 13.3. The first-order valence-corrected chi connectivity index (χ1v) is 12.7. The Morgan fingerprint density at radius 3 is 2.48 bits per heavy atom. The van der Waals surface area contributed by atoms with Crippen LogP contribution in [0.4, 0.5) is 16.2 Å². The molecule has 11 heteroatoms. The fourth-order valence-corrected chi connectivity index (χ4v) is 3.97. The van der Waals surface area contributed by atoms with E-state index < -0.39 is 6.09 Å². The van der Waals surface area contributed by atoms with E-state index in [1.54, 1.807) is 30.3 Å². The molecule has 4 aromatic rings. The number of amidine groups is 1. The number of imidazole rings is 1. The highest BCUT2D eigenvalue weighted by Crippen LogP contribution is 2.27. The summed E-state index contributed by atoms with van der Waals surface area (Å²) in [5, 5.41) is 10.8. The van der Waals surface area contributed by atoms with E-state index in [9.17, 15) is 9.59 Å². The molecule has 1 aromatic heterocycles. The first-order chi connectivity index (χ1) is 18.9. The Bertz CT molecular complexity index is 1460. The van der Waals surface area contributed by atoms with Gasteiger partial charge in [-0.25, -0.2) is 9.78 Å². The number of benzene rings is 3. The minimum Gasteiger partial charge on any atom is -0.466 e. The lowest BCUT2D eigenvalue weighted by Crippen LogP contribution is -2.35. The zero-order valence-electron chi connectivity index (χ0n) is 22.4. The van der Waals surface area contributed by atoms with E-state index in [2.05, 4.69) is 10.3 Å². The molecule has 0 saturated carbocycles. The number of esters is 1. The van der Waals surface area contributed by atoms with Crippen LogP contribution in [-0.4, -0.2) is 41.0 Å². The molecule has 0 saturated heterocycles. The number of carbonyl (C=O) groups excluding carboxylic acids is 2. The molecule has 0 bridgehead atoms. The zero-order chi connectivity index (χ0) is 27.8. The quantitative estimate of drug-likeness (QED) is 0.106. The van der Waals surface area contributed by atoms with Crippen molar-refractivity contribution in [1.29, 1.82) is 5.41 Å². The van der Waals surface area contributed by atoms with Gasteiger partial charge in [0.1, 0.15) is 17.4 Å². The molecule has 0 spiro atoms. The second-order valence-electron chi connectivity index (χ2n) is 8.94. The van der Waals surface area contributed by atoms with Crippen LogP contribution in [0.15, 0.2) is 66.7 Å². The standard InChI is InChI=1S/C29H32N6O4.ClH/c1-3-17-38-26(36)15-16-35(22-7-5-4-6-8-22)29(37)39-24-14-13-23-27(19(24)2)34-25(33-23)18-32-21-11-9-20(10-12-21)28(30)31;/h4-14,32H,3,15-18H2,1-2H3,(H3,30,31)(H,33,34);1H. The Morgan fingerprint density at radius 1 is 1.07 bits per heavy atom. The van der Waals surface area contributed by atoms with Gasteiger partial charge in [-0.3, -0.25) is 15.1 Å². The number of rotatable bonds is 11. The molecule has 1 heterocycles. The Hall–Kier alpha value is -4.57. The number of aromatic nitrogens is 2. The average molecular weight is 565 g/mol. The number of ether oxygens (including phenoxy) is 2. The molecule has 0 aliphatic heterocycles. The number of nitrogens with two attached hydrogens (primary N) is 1. The number of hydrogen-bond donors (Lipinski definition) is 4. The van der Waals surface area contributed by atoms with Crippen molar-refractivity contribution >= 4 is 52.7 Å². The Labute approximate surface area is 238 Å². The van der Waals surface area contributed by atoms with Crippen molar-refractivity contribution in [2.75, 3.05) is 23.4 Å². The molecule has 0 fully saturated rings. The van der Waals surface area contributed by atoms with E-state index in [-0.39, 0.29) is 37.2 Å². The van der Waals surface area contributed by atoms with Crippen molar-refractivity contribution in [1.82, 2.24) is 9.97 Å². The number of amides is 1. The summed E-state index contributed by atoms with van der Waals surface area (Å²) in [6.45, 7) is 4.69. The Balaban J connectivity index is 0.00000441. The van der Waals surface area contributed by atoms with Crippen molar-refractivity contribution in [3.63, 3.8) is 0 Å². The summed E-state index contributed by atoms with van der Waals surface area (Å²) < 4.78 is 10.9. The summed E-state index contributed by atoms with van der Waals surface area (Å²) in [6, 6.07) is 19.9. The Morgan fingerprint density at radius 2 is 1.80 bits per heavy atom. The summed E-state index contributed by atoms with van der Waals surface area (Å²) in [6.07, 6.45) is 0.185. The second-order valence-corrected chi connectivity index (χ2v) is 8.94. The van der Waals surface area contributed by atoms with Gasteiger partial charge in [0, 0.05) is 29.0 Å². The van der Waals surface area contributed by atoms with Gasteiger partial charge in [0.25, 0.3) is 0 Å². The van der Waals surface area contributed by atoms with Gasteiger partial charge in [0.05, 0.1) is 30.6 Å². The smallest absolute Gasteiger partial charge is 0.419 e. The third-order valence-electron chi connectivity index (χ3n) is 6.06. The van der Waals surface area contributed by atoms with Crippen LogP contribution in [0.5, 0.6) is 5.75 Å². The normalized spacial score (nSPS) is 10.4. The van der Waals surface area contributed by atoms with Gasteiger partial charge in [0.15, 0.2) is 0 Å². The predicted octanol–water partition coefficient (Wildman–Crippen LogP) is 5.54. The van der Waals surface area contributed by atoms with Gasteiger partial charge in [-0.1, -0.05) is 25.1 Å². The number of halogens is 1. The highest BCUT2D eigenvalue weighted by molar-refractivity contribution is 5.95. The third kappa shape index (κ3) is 7.51. The lowest BCUT2D eigenvalue weighted by atomic mass is 10.2.